The van der Waals surface area contributed by atoms with Crippen molar-refractivity contribution in [2.75, 3.05) is 13.1 Å². The molecule has 0 spiro atoms. The Morgan fingerprint density at radius 2 is 1.80 bits per heavy atom. The van der Waals surface area contributed by atoms with Crippen molar-refractivity contribution in [2.24, 2.45) is 17.6 Å². The molecular formula is C16H30N2O2. The maximum absolute atomic E-state index is 13.0. The number of carbonyl (C=O) groups excluding carboxylic acids is 1. The summed E-state index contributed by atoms with van der Waals surface area (Å²) >= 11 is 0. The van der Waals surface area contributed by atoms with Crippen LogP contribution in [0.2, 0.25) is 0 Å². The molecule has 2 rings (SSSR count). The maximum Gasteiger partial charge on any atom is 0.228 e. The zero-order valence-corrected chi connectivity index (χ0v) is 13.2. The Morgan fingerprint density at radius 3 is 2.30 bits per heavy atom. The topological polar surface area (TPSA) is 55.6 Å². The van der Waals surface area contributed by atoms with Crippen LogP contribution in [0.5, 0.6) is 0 Å². The molecule has 1 saturated heterocycles. The van der Waals surface area contributed by atoms with E-state index in [1.54, 1.807) is 0 Å². The standard InChI is InChI=1S/C16H30N2O2/c1-11-12(2)20-13(3)15(11)16(19)18(10-9-17)14-7-5-4-6-8-14/h11-15H,4-10,17H2,1-3H3. The molecule has 0 aromatic heterocycles. The fourth-order valence-electron chi connectivity index (χ4n) is 3.89. The van der Waals surface area contributed by atoms with Crippen molar-refractivity contribution < 1.29 is 9.53 Å². The highest BCUT2D eigenvalue weighted by Crippen LogP contribution is 2.35. The molecule has 1 heterocycles. The summed E-state index contributed by atoms with van der Waals surface area (Å²) in [7, 11) is 0. The summed E-state index contributed by atoms with van der Waals surface area (Å²) in [5, 5.41) is 0. The van der Waals surface area contributed by atoms with Crippen molar-refractivity contribution in [1.82, 2.24) is 4.90 Å². The molecule has 4 heteroatoms. The van der Waals surface area contributed by atoms with Gasteiger partial charge in [-0.15, -0.1) is 0 Å². The van der Waals surface area contributed by atoms with E-state index in [9.17, 15) is 4.79 Å². The molecule has 2 aliphatic rings. The van der Waals surface area contributed by atoms with Crippen LogP contribution in [0.4, 0.5) is 0 Å². The number of ether oxygens (including phenoxy) is 1. The van der Waals surface area contributed by atoms with Gasteiger partial charge in [0.05, 0.1) is 18.1 Å². The number of nitrogens with zero attached hydrogens (tertiary/aromatic N) is 1. The van der Waals surface area contributed by atoms with Crippen LogP contribution in [-0.4, -0.2) is 42.1 Å². The molecular weight excluding hydrogens is 252 g/mol. The van der Waals surface area contributed by atoms with E-state index in [1.165, 1.54) is 19.3 Å². The average molecular weight is 282 g/mol. The van der Waals surface area contributed by atoms with Crippen molar-refractivity contribution in [3.05, 3.63) is 0 Å². The van der Waals surface area contributed by atoms with Crippen LogP contribution >= 0.6 is 0 Å². The minimum Gasteiger partial charge on any atom is -0.374 e. The molecule has 1 amide bonds. The van der Waals surface area contributed by atoms with Gasteiger partial charge in [-0.3, -0.25) is 4.79 Å². The summed E-state index contributed by atoms with van der Waals surface area (Å²) < 4.78 is 5.84. The third kappa shape index (κ3) is 3.17. The molecule has 0 aromatic carbocycles. The largest absolute Gasteiger partial charge is 0.374 e. The second kappa shape index (κ2) is 6.90. The molecule has 0 bridgehead atoms. The van der Waals surface area contributed by atoms with E-state index in [0.29, 0.717) is 25.0 Å². The monoisotopic (exact) mass is 282 g/mol. The maximum atomic E-state index is 13.0. The molecule has 4 unspecified atom stereocenters. The van der Waals surface area contributed by atoms with Crippen LogP contribution in [0.1, 0.15) is 52.9 Å². The zero-order valence-electron chi connectivity index (χ0n) is 13.2. The summed E-state index contributed by atoms with van der Waals surface area (Å²) in [5.74, 6) is 0.562. The van der Waals surface area contributed by atoms with E-state index < -0.39 is 0 Å². The Balaban J connectivity index is 2.09. The lowest BCUT2D eigenvalue weighted by molar-refractivity contribution is -0.140. The molecule has 116 valence electrons. The number of hydrogen-bond donors (Lipinski definition) is 1. The molecule has 4 nitrogen and oxygen atoms in total. The third-order valence-electron chi connectivity index (χ3n) is 5.20. The summed E-state index contributed by atoms with van der Waals surface area (Å²) in [4.78, 5) is 15.1. The summed E-state index contributed by atoms with van der Waals surface area (Å²) in [6.07, 6.45) is 6.25. The normalized spacial score (nSPS) is 35.2. The highest BCUT2D eigenvalue weighted by molar-refractivity contribution is 5.80. The van der Waals surface area contributed by atoms with E-state index in [4.69, 9.17) is 10.5 Å². The smallest absolute Gasteiger partial charge is 0.228 e. The number of nitrogens with two attached hydrogens (primary N) is 1. The van der Waals surface area contributed by atoms with Gasteiger partial charge in [-0.1, -0.05) is 26.2 Å². The SMILES string of the molecule is CC1OC(C)C(C(=O)N(CCN)C2CCCCC2)C1C. The van der Waals surface area contributed by atoms with Crippen LogP contribution in [0.15, 0.2) is 0 Å². The quantitative estimate of drug-likeness (QED) is 0.859. The van der Waals surface area contributed by atoms with Gasteiger partial charge >= 0.3 is 0 Å². The Kier molecular flexibility index (Phi) is 5.44. The van der Waals surface area contributed by atoms with Gasteiger partial charge in [-0.25, -0.2) is 0 Å². The molecule has 1 saturated carbocycles. The minimum atomic E-state index is -0.00141. The van der Waals surface area contributed by atoms with Crippen molar-refractivity contribution in [2.45, 2.75) is 71.1 Å². The van der Waals surface area contributed by atoms with Gasteiger partial charge in [0.1, 0.15) is 0 Å². The number of rotatable bonds is 4. The third-order valence-corrected chi connectivity index (χ3v) is 5.20. The van der Waals surface area contributed by atoms with E-state index in [0.717, 1.165) is 12.8 Å². The van der Waals surface area contributed by atoms with Gasteiger partial charge in [0.2, 0.25) is 5.91 Å². The Morgan fingerprint density at radius 1 is 1.15 bits per heavy atom. The predicted octanol–water partition coefficient (Wildman–Crippen LogP) is 2.17. The second-order valence-corrected chi connectivity index (χ2v) is 6.54. The zero-order chi connectivity index (χ0) is 14.7. The molecule has 0 aromatic rings. The lowest BCUT2D eigenvalue weighted by Crippen LogP contribution is -2.49. The summed E-state index contributed by atoms with van der Waals surface area (Å²) in [6, 6.07) is 0.398. The fourth-order valence-corrected chi connectivity index (χ4v) is 3.89. The van der Waals surface area contributed by atoms with Gasteiger partial charge in [0.25, 0.3) is 0 Å². The van der Waals surface area contributed by atoms with E-state index in [1.807, 2.05) is 6.92 Å². The van der Waals surface area contributed by atoms with Crippen LogP contribution < -0.4 is 5.73 Å². The number of hydrogen-bond acceptors (Lipinski definition) is 3. The van der Waals surface area contributed by atoms with Crippen molar-refractivity contribution in [3.63, 3.8) is 0 Å². The van der Waals surface area contributed by atoms with Crippen LogP contribution in [0, 0.1) is 11.8 Å². The van der Waals surface area contributed by atoms with Crippen molar-refractivity contribution in [1.29, 1.82) is 0 Å². The number of carbonyl (C=O) groups is 1. The second-order valence-electron chi connectivity index (χ2n) is 6.54. The minimum absolute atomic E-state index is 0.00141. The van der Waals surface area contributed by atoms with E-state index in [2.05, 4.69) is 18.7 Å². The Labute approximate surface area is 123 Å². The number of amides is 1. The lowest BCUT2D eigenvalue weighted by Gasteiger charge is -2.37. The van der Waals surface area contributed by atoms with Crippen LogP contribution in [0.3, 0.4) is 0 Å². The fraction of sp³-hybridized carbons (Fsp3) is 0.938. The predicted molar refractivity (Wildman–Crippen MR) is 80.3 cm³/mol. The van der Waals surface area contributed by atoms with Gasteiger partial charge in [-0.2, -0.15) is 0 Å². The average Bonchev–Trinajstić information content (AvgIpc) is 2.70. The molecule has 20 heavy (non-hydrogen) atoms. The van der Waals surface area contributed by atoms with Crippen LogP contribution in [-0.2, 0) is 9.53 Å². The first kappa shape index (κ1) is 15.8. The molecule has 4 atom stereocenters. The molecule has 1 aliphatic carbocycles. The summed E-state index contributed by atoms with van der Waals surface area (Å²) in [5.41, 5.74) is 5.74. The molecule has 2 N–H and O–H groups in total. The lowest BCUT2D eigenvalue weighted by atomic mass is 9.86. The van der Waals surface area contributed by atoms with Gasteiger partial charge in [0, 0.05) is 19.1 Å². The first-order valence-corrected chi connectivity index (χ1v) is 8.22. The van der Waals surface area contributed by atoms with Gasteiger partial charge in [0.15, 0.2) is 0 Å². The van der Waals surface area contributed by atoms with Gasteiger partial charge < -0.3 is 15.4 Å². The Hall–Kier alpha value is -0.610. The molecule has 0 radical (unpaired) electrons. The van der Waals surface area contributed by atoms with Gasteiger partial charge in [-0.05, 0) is 32.6 Å². The summed E-state index contributed by atoms with van der Waals surface area (Å²) in [6.45, 7) is 7.48. The van der Waals surface area contributed by atoms with E-state index >= 15 is 0 Å². The van der Waals surface area contributed by atoms with Crippen molar-refractivity contribution >= 4 is 5.91 Å². The molecule has 2 fully saturated rings. The molecule has 1 aliphatic heterocycles. The van der Waals surface area contributed by atoms with E-state index in [-0.39, 0.29) is 24.0 Å². The highest BCUT2D eigenvalue weighted by atomic mass is 16.5. The van der Waals surface area contributed by atoms with Crippen molar-refractivity contribution in [3.8, 4) is 0 Å². The first-order valence-electron chi connectivity index (χ1n) is 8.22. The Bertz CT molecular complexity index is 328. The highest BCUT2D eigenvalue weighted by Gasteiger charge is 2.44. The van der Waals surface area contributed by atoms with Crippen LogP contribution in [0.25, 0.3) is 0 Å². The first-order chi connectivity index (χ1) is 9.56.